The molecule has 11 heavy (non-hydrogen) atoms. The van der Waals surface area contributed by atoms with Gasteiger partial charge in [-0.25, -0.2) is 0 Å². The molecule has 54 valence electrons. The molecule has 0 unspecified atom stereocenters. The predicted octanol–water partition coefficient (Wildman–Crippen LogP) is -2.70. The smallest absolute Gasteiger partial charge is 0.537 e. The molecule has 0 bridgehead atoms. The summed E-state index contributed by atoms with van der Waals surface area (Å²) in [6.45, 7) is 0. The monoisotopic (exact) mass is 146 g/mol. The summed E-state index contributed by atoms with van der Waals surface area (Å²) in [6.07, 6.45) is 2.57. The van der Waals surface area contributed by atoms with Crippen molar-refractivity contribution in [2.75, 3.05) is 14.2 Å². The maximum atomic E-state index is 4.79. The van der Waals surface area contributed by atoms with Gasteiger partial charge in [-0.1, -0.05) is 12.3 Å². The zero-order chi connectivity index (χ0) is 7.40. The van der Waals surface area contributed by atoms with Crippen LogP contribution >= 0.6 is 0 Å². The van der Waals surface area contributed by atoms with Crippen LogP contribution in [0.4, 0.5) is 0 Å². The van der Waals surface area contributed by atoms with Crippen molar-refractivity contribution in [3.63, 3.8) is 0 Å². The van der Waals surface area contributed by atoms with Gasteiger partial charge in [0.1, 0.15) is 5.88 Å². The van der Waals surface area contributed by atoms with Gasteiger partial charge in [0.15, 0.2) is 6.01 Å². The molecule has 0 saturated carbocycles. The molecular weight excluding hydrogens is 139 g/mol. The molecule has 0 saturated heterocycles. The summed E-state index contributed by atoms with van der Waals surface area (Å²) in [5.74, 6) is 0.451. The standard InChI is InChI=1S/C6H7N2O2.Li/c1-9-5-3-4-7-6(8-5)10-2;/h3H,1-2H3;/q-1;+1. The molecule has 1 rings (SSSR count). The third-order valence-electron chi connectivity index (χ3n) is 0.946. The summed E-state index contributed by atoms with van der Waals surface area (Å²) in [7, 11) is 3.01. The van der Waals surface area contributed by atoms with E-state index >= 15 is 0 Å². The van der Waals surface area contributed by atoms with Gasteiger partial charge in [0.25, 0.3) is 0 Å². The van der Waals surface area contributed by atoms with E-state index < -0.39 is 0 Å². The van der Waals surface area contributed by atoms with Crippen LogP contribution in [-0.4, -0.2) is 24.2 Å². The summed E-state index contributed by atoms with van der Waals surface area (Å²) in [5.41, 5.74) is 0. The Kier molecular flexibility index (Phi) is 4.67. The van der Waals surface area contributed by atoms with Gasteiger partial charge >= 0.3 is 18.9 Å². The van der Waals surface area contributed by atoms with Crippen LogP contribution in [0.1, 0.15) is 0 Å². The van der Waals surface area contributed by atoms with Crippen LogP contribution in [0.2, 0.25) is 0 Å². The molecule has 0 spiro atoms. The van der Waals surface area contributed by atoms with Crippen LogP contribution in [0.15, 0.2) is 6.07 Å². The molecule has 0 radical (unpaired) electrons. The Hall–Kier alpha value is -0.723. The molecular formula is C6H7LiN2O2. The summed E-state index contributed by atoms with van der Waals surface area (Å²) < 4.78 is 9.52. The van der Waals surface area contributed by atoms with Gasteiger partial charge < -0.3 is 14.5 Å². The van der Waals surface area contributed by atoms with Gasteiger partial charge in [0, 0.05) is 0 Å². The Morgan fingerprint density at radius 2 is 2.09 bits per heavy atom. The van der Waals surface area contributed by atoms with Crippen molar-refractivity contribution in [3.05, 3.63) is 12.3 Å². The third kappa shape index (κ3) is 2.79. The minimum absolute atomic E-state index is 0. The molecule has 1 aromatic rings. The molecule has 1 heterocycles. The molecule has 0 amide bonds. The molecule has 0 aliphatic rings. The second-order valence-electron chi connectivity index (χ2n) is 1.53. The molecule has 0 aromatic carbocycles. The fourth-order valence-corrected chi connectivity index (χ4v) is 0.490. The predicted molar refractivity (Wildman–Crippen MR) is 34.0 cm³/mol. The third-order valence-corrected chi connectivity index (χ3v) is 0.946. The summed E-state index contributed by atoms with van der Waals surface area (Å²) in [5, 5.41) is 0. The van der Waals surface area contributed by atoms with Crippen molar-refractivity contribution in [1.29, 1.82) is 0 Å². The van der Waals surface area contributed by atoms with E-state index in [1.54, 1.807) is 0 Å². The Morgan fingerprint density at radius 3 is 2.64 bits per heavy atom. The molecule has 0 aliphatic carbocycles. The zero-order valence-electron chi connectivity index (χ0n) is 6.79. The van der Waals surface area contributed by atoms with E-state index in [2.05, 4.69) is 16.2 Å². The van der Waals surface area contributed by atoms with Gasteiger partial charge in [-0.3, -0.25) is 4.98 Å². The van der Waals surface area contributed by atoms with Crippen molar-refractivity contribution >= 4 is 0 Å². The minimum atomic E-state index is 0. The second-order valence-corrected chi connectivity index (χ2v) is 1.53. The summed E-state index contributed by atoms with van der Waals surface area (Å²) >= 11 is 0. The molecule has 1 aromatic heterocycles. The van der Waals surface area contributed by atoms with Gasteiger partial charge in [-0.2, -0.15) is 0 Å². The van der Waals surface area contributed by atoms with E-state index in [1.807, 2.05) is 0 Å². The summed E-state index contributed by atoms with van der Waals surface area (Å²) in [4.78, 5) is 7.49. The van der Waals surface area contributed by atoms with Crippen molar-refractivity contribution in [1.82, 2.24) is 9.97 Å². The minimum Gasteiger partial charge on any atom is -0.537 e. The number of methoxy groups -OCH3 is 2. The number of nitrogens with zero attached hydrogens (tertiary/aromatic N) is 2. The number of aromatic nitrogens is 2. The first-order valence-electron chi connectivity index (χ1n) is 2.70. The Morgan fingerprint density at radius 1 is 1.36 bits per heavy atom. The quantitative estimate of drug-likeness (QED) is 0.336. The normalized spacial score (nSPS) is 8.18. The van der Waals surface area contributed by atoms with Crippen molar-refractivity contribution in [2.45, 2.75) is 0 Å². The first-order valence-corrected chi connectivity index (χ1v) is 2.70. The van der Waals surface area contributed by atoms with Crippen LogP contribution in [0, 0.1) is 6.20 Å². The van der Waals surface area contributed by atoms with Gasteiger partial charge in [0.2, 0.25) is 0 Å². The topological polar surface area (TPSA) is 44.2 Å². The van der Waals surface area contributed by atoms with E-state index in [1.165, 1.54) is 20.3 Å². The van der Waals surface area contributed by atoms with Gasteiger partial charge in [-0.05, 0) is 0 Å². The van der Waals surface area contributed by atoms with E-state index in [9.17, 15) is 0 Å². The van der Waals surface area contributed by atoms with Gasteiger partial charge in [0.05, 0.1) is 14.2 Å². The van der Waals surface area contributed by atoms with Crippen LogP contribution in [0.3, 0.4) is 0 Å². The molecule has 0 atom stereocenters. The average Bonchev–Trinajstić information content (AvgIpc) is 2.05. The number of ether oxygens (including phenoxy) is 2. The van der Waals surface area contributed by atoms with E-state index in [0.717, 1.165) is 0 Å². The maximum Gasteiger partial charge on any atom is 1.00 e. The molecule has 0 N–H and O–H groups in total. The van der Waals surface area contributed by atoms with Crippen LogP contribution < -0.4 is 28.3 Å². The Labute approximate surface area is 77.1 Å². The van der Waals surface area contributed by atoms with Crippen molar-refractivity contribution in [3.8, 4) is 11.9 Å². The number of hydrogen-bond acceptors (Lipinski definition) is 4. The maximum absolute atomic E-state index is 4.79. The van der Waals surface area contributed by atoms with E-state index in [0.29, 0.717) is 5.88 Å². The fourth-order valence-electron chi connectivity index (χ4n) is 0.490. The molecule has 5 heteroatoms. The molecule has 4 nitrogen and oxygen atoms in total. The largest absolute Gasteiger partial charge is 1.00 e. The van der Waals surface area contributed by atoms with E-state index in [4.69, 9.17) is 9.47 Å². The first-order chi connectivity index (χ1) is 4.86. The van der Waals surface area contributed by atoms with Crippen LogP contribution in [0.25, 0.3) is 0 Å². The Bertz CT molecular complexity index is 200. The van der Waals surface area contributed by atoms with Crippen molar-refractivity contribution < 1.29 is 28.3 Å². The van der Waals surface area contributed by atoms with E-state index in [-0.39, 0.29) is 24.9 Å². The summed E-state index contributed by atoms with van der Waals surface area (Å²) in [6, 6.07) is 1.79. The van der Waals surface area contributed by atoms with Crippen LogP contribution in [-0.2, 0) is 0 Å². The van der Waals surface area contributed by atoms with Gasteiger partial charge in [-0.15, -0.1) is 0 Å². The first kappa shape index (κ1) is 10.3. The second kappa shape index (κ2) is 5.00. The zero-order valence-corrected chi connectivity index (χ0v) is 6.79. The average molecular weight is 146 g/mol. The number of rotatable bonds is 2. The Balaban J connectivity index is 0.000001000. The fraction of sp³-hybridized carbons (Fsp3) is 0.333. The van der Waals surface area contributed by atoms with Crippen molar-refractivity contribution in [2.24, 2.45) is 0 Å². The molecule has 0 aliphatic heterocycles. The molecule has 0 fully saturated rings. The number of hydrogen-bond donors (Lipinski definition) is 0. The van der Waals surface area contributed by atoms with Crippen LogP contribution in [0.5, 0.6) is 11.9 Å². The SMILES string of the molecule is COc1c[c-]nc(OC)n1.[Li+].